The van der Waals surface area contributed by atoms with E-state index < -0.39 is 0 Å². The summed E-state index contributed by atoms with van der Waals surface area (Å²) in [5.74, 6) is 3.51. The van der Waals surface area contributed by atoms with Crippen molar-refractivity contribution in [3.8, 4) is 0 Å². The van der Waals surface area contributed by atoms with Crippen LogP contribution in [0.2, 0.25) is 0 Å². The van der Waals surface area contributed by atoms with Crippen molar-refractivity contribution < 1.29 is 42.1 Å². The summed E-state index contributed by atoms with van der Waals surface area (Å²) in [6.07, 6.45) is 7.09. The van der Waals surface area contributed by atoms with Gasteiger partial charge in [0, 0.05) is 87.4 Å². The van der Waals surface area contributed by atoms with E-state index in [0.29, 0.717) is 23.7 Å². The van der Waals surface area contributed by atoms with Gasteiger partial charge in [-0.25, -0.2) is 9.97 Å². The molecule has 0 fully saturated rings. The zero-order valence-corrected chi connectivity index (χ0v) is 58.7. The molecule has 0 spiro atoms. The molecule has 94 heavy (non-hydrogen) atoms. The predicted octanol–water partition coefficient (Wildman–Crippen LogP) is 23.5. The minimum atomic E-state index is 0. The van der Waals surface area contributed by atoms with Crippen molar-refractivity contribution in [2.24, 2.45) is 9.98 Å². The summed E-state index contributed by atoms with van der Waals surface area (Å²) in [7, 11) is 0. The standard InChI is InChI=1S/2C28H27N3.2C13H11N2.2Pt/c2*1-19(2)23-15-10-16-24(20(3)4)26(23)31-18-30(22-12-6-5-7-13-22)28-27(31)25-14-9-8-11-21(25)17-29-28;2*1-3-7-12(8-4-1)14-11-15-13-9-5-2-6-10-13;;/h2*5-12,14-20H,1-4H3;2*1-11H;;/q2*-2;2*-1;;. The fourth-order valence-electron chi connectivity index (χ4n) is 11.3. The molecule has 0 aliphatic carbocycles. The largest absolute Gasteiger partial charge is 0.478 e. The zero-order chi connectivity index (χ0) is 63.8. The van der Waals surface area contributed by atoms with Crippen molar-refractivity contribution in [2.75, 3.05) is 19.6 Å². The number of nitrogens with zero attached hydrogens (tertiary/aromatic N) is 10. The van der Waals surface area contributed by atoms with Crippen molar-refractivity contribution in [1.82, 2.24) is 9.97 Å². The van der Waals surface area contributed by atoms with Gasteiger partial charge in [-0.3, -0.25) is 0 Å². The fourth-order valence-corrected chi connectivity index (χ4v) is 11.3. The predicted molar refractivity (Wildman–Crippen MR) is 389 cm³/mol. The molecule has 0 saturated heterocycles. The van der Waals surface area contributed by atoms with E-state index >= 15 is 0 Å². The number of aromatic nitrogens is 2. The molecule has 0 bridgehead atoms. The molecule has 480 valence electrons. The molecule has 2 aromatic heterocycles. The summed E-state index contributed by atoms with van der Waals surface area (Å²) in [6, 6.07) is 92.4. The van der Waals surface area contributed by atoms with Crippen LogP contribution in [0.4, 0.5) is 68.5 Å². The third-order valence-electron chi connectivity index (χ3n) is 15.8. The van der Waals surface area contributed by atoms with E-state index in [-0.39, 0.29) is 42.1 Å². The van der Waals surface area contributed by atoms with Crippen molar-refractivity contribution in [3.63, 3.8) is 0 Å². The van der Waals surface area contributed by atoms with Gasteiger partial charge in [-0.2, -0.15) is 60.7 Å². The Kier molecular flexibility index (Phi) is 24.5. The number of anilines is 8. The first-order valence-corrected chi connectivity index (χ1v) is 31.5. The van der Waals surface area contributed by atoms with Crippen molar-refractivity contribution in [3.05, 3.63) is 326 Å². The van der Waals surface area contributed by atoms with Crippen molar-refractivity contribution in [1.29, 1.82) is 0 Å². The second-order valence-corrected chi connectivity index (χ2v) is 23.5. The Bertz CT molecular complexity index is 4050. The normalized spacial score (nSPS) is 12.2. The first kappa shape index (κ1) is 68.9. The van der Waals surface area contributed by atoms with Gasteiger partial charge in [0.25, 0.3) is 0 Å². The molecule has 10 nitrogen and oxygen atoms in total. The van der Waals surface area contributed by atoms with Crippen LogP contribution < -0.4 is 19.6 Å². The third-order valence-corrected chi connectivity index (χ3v) is 15.8. The van der Waals surface area contributed by atoms with Gasteiger partial charge in [-0.05, 0) is 68.7 Å². The van der Waals surface area contributed by atoms with E-state index in [9.17, 15) is 0 Å². The maximum Gasteiger partial charge on any atom is 0.125 e. The van der Waals surface area contributed by atoms with Crippen molar-refractivity contribution >= 4 is 103 Å². The van der Waals surface area contributed by atoms with Crippen LogP contribution in [-0.4, -0.2) is 22.6 Å². The Hall–Kier alpha value is -9.46. The zero-order valence-electron chi connectivity index (χ0n) is 54.1. The second-order valence-electron chi connectivity index (χ2n) is 23.5. The van der Waals surface area contributed by atoms with Crippen LogP contribution in [0.5, 0.6) is 0 Å². The smallest absolute Gasteiger partial charge is 0.125 e. The SMILES string of the molecule is C(=Nc1ccccc1)[N-]c1ccccc1.C(=Nc1ccccc1)[N-]c1ccccc1.CC(C)c1cccc(C(C)C)c1N1[CH-]N(c2[c-]cccc2)c2ncc3ccccc3c21.CC(C)c1cccc(C(C)C)c1N1[CH-]N(c2[c-]cccc2)c2ncc3ccccc3c21.[Pt].[Pt]. The molecule has 0 amide bonds. The monoisotopic (exact) mass is 1590 g/mol. The maximum atomic E-state index is 4.90. The quantitative estimate of drug-likeness (QED) is 0.0612. The van der Waals surface area contributed by atoms with Gasteiger partial charge in [-0.15, -0.1) is 24.7 Å². The molecular weight excluding hydrogens is 1520 g/mol. The molecule has 0 N–H and O–H groups in total. The Morgan fingerprint density at radius 2 is 0.670 bits per heavy atom. The minimum absolute atomic E-state index is 0. The van der Waals surface area contributed by atoms with E-state index in [2.05, 4.69) is 218 Å². The fraction of sp³-hybridized carbons (Fsp3) is 0.146. The Labute approximate surface area is 584 Å². The van der Waals surface area contributed by atoms with Crippen LogP contribution >= 0.6 is 0 Å². The van der Waals surface area contributed by atoms with Crippen LogP contribution in [-0.2, 0) is 42.1 Å². The van der Waals surface area contributed by atoms with Gasteiger partial charge >= 0.3 is 0 Å². The summed E-state index contributed by atoms with van der Waals surface area (Å²) >= 11 is 0. The van der Waals surface area contributed by atoms with E-state index in [1.165, 1.54) is 44.4 Å². The Morgan fingerprint density at radius 1 is 0.351 bits per heavy atom. The van der Waals surface area contributed by atoms with Gasteiger partial charge in [0.2, 0.25) is 0 Å². The van der Waals surface area contributed by atoms with E-state index in [1.54, 1.807) is 12.7 Å². The minimum Gasteiger partial charge on any atom is -0.478 e. The molecule has 2 aliphatic heterocycles. The molecule has 0 radical (unpaired) electrons. The van der Waals surface area contributed by atoms with Crippen LogP contribution in [0, 0.1) is 25.5 Å². The Morgan fingerprint density at radius 3 is 1.00 bits per heavy atom. The number of para-hydroxylation sites is 8. The summed E-state index contributed by atoms with van der Waals surface area (Å²) in [5.41, 5.74) is 15.8. The number of pyridine rings is 2. The number of hydrogen-bond acceptors (Lipinski definition) is 8. The van der Waals surface area contributed by atoms with E-state index in [4.69, 9.17) is 9.97 Å². The summed E-state index contributed by atoms with van der Waals surface area (Å²) in [5, 5.41) is 13.1. The summed E-state index contributed by atoms with van der Waals surface area (Å²) in [6.45, 7) is 22.5. The number of fused-ring (bicyclic) bond motifs is 6. The van der Waals surface area contributed by atoms with Crippen LogP contribution in [0.3, 0.4) is 0 Å². The van der Waals surface area contributed by atoms with Gasteiger partial charge in [0.15, 0.2) is 0 Å². The van der Waals surface area contributed by atoms with Gasteiger partial charge < -0.3 is 40.2 Å². The third kappa shape index (κ3) is 16.5. The van der Waals surface area contributed by atoms with Gasteiger partial charge in [0.1, 0.15) is 11.6 Å². The average Bonchev–Trinajstić information content (AvgIpc) is 1.57. The summed E-state index contributed by atoms with van der Waals surface area (Å²) < 4.78 is 0. The van der Waals surface area contributed by atoms with Crippen LogP contribution in [0.15, 0.2) is 277 Å². The van der Waals surface area contributed by atoms with Gasteiger partial charge in [0.05, 0.1) is 11.4 Å². The summed E-state index contributed by atoms with van der Waals surface area (Å²) in [4.78, 5) is 27.3. The molecule has 10 aromatic carbocycles. The van der Waals surface area contributed by atoms with Crippen LogP contribution in [0.25, 0.3) is 32.2 Å². The molecule has 0 unspecified atom stereocenters. The first-order valence-electron chi connectivity index (χ1n) is 31.5. The Balaban J connectivity index is 0.000000155. The molecule has 0 saturated carbocycles. The molecule has 2 aliphatic rings. The number of aliphatic imine (C=N–C) groups is 2. The number of hydrogen-bond donors (Lipinski definition) is 0. The molecule has 0 atom stereocenters. The van der Waals surface area contributed by atoms with E-state index in [1.807, 2.05) is 170 Å². The molecule has 14 rings (SSSR count). The van der Waals surface area contributed by atoms with Gasteiger partial charge in [-0.1, -0.05) is 274 Å². The van der Waals surface area contributed by atoms with Crippen molar-refractivity contribution in [2.45, 2.75) is 79.1 Å². The second kappa shape index (κ2) is 33.4. The molecule has 12 heteroatoms. The average molecular weight is 1590 g/mol. The molecular formula is C82H76N10Pt2-6. The van der Waals surface area contributed by atoms with Crippen LogP contribution in [0.1, 0.15) is 101 Å². The van der Waals surface area contributed by atoms with E-state index in [0.717, 1.165) is 67.9 Å². The molecule has 12 aromatic rings. The topological polar surface area (TPSA) is 91.7 Å². The number of rotatable bonds is 14. The molecule has 4 heterocycles. The maximum absolute atomic E-state index is 4.90. The first-order chi connectivity index (χ1) is 45.0. The number of benzene rings is 10.